The third kappa shape index (κ3) is 8.89. The normalized spacial score (nSPS) is 14.7. The van der Waals surface area contributed by atoms with E-state index < -0.39 is 34.3 Å². The maximum absolute atomic E-state index is 14.2. The SMILES string of the molecule is CC(C)(C)c1ccc(N(CC(=O)N(Cc2ccc(F)cc2)[C@H](Cc2ccccc2)C(=O)NC2CCCC2)S(C)(=O)=O)cc1. The second-order valence-corrected chi connectivity index (χ2v) is 14.3. The Labute approximate surface area is 255 Å². The van der Waals surface area contributed by atoms with E-state index in [0.29, 0.717) is 11.3 Å². The van der Waals surface area contributed by atoms with Crippen molar-refractivity contribution in [3.63, 3.8) is 0 Å². The molecule has 9 heteroatoms. The van der Waals surface area contributed by atoms with Crippen molar-refractivity contribution in [1.82, 2.24) is 10.2 Å². The second-order valence-electron chi connectivity index (χ2n) is 12.4. The molecular weight excluding hydrogens is 565 g/mol. The highest BCUT2D eigenvalue weighted by Gasteiger charge is 2.34. The van der Waals surface area contributed by atoms with Gasteiger partial charge >= 0.3 is 0 Å². The summed E-state index contributed by atoms with van der Waals surface area (Å²) < 4.78 is 40.9. The molecule has 0 unspecified atom stereocenters. The van der Waals surface area contributed by atoms with Crippen LogP contribution in [0.4, 0.5) is 10.1 Å². The van der Waals surface area contributed by atoms with Crippen LogP contribution >= 0.6 is 0 Å². The summed E-state index contributed by atoms with van der Waals surface area (Å²) in [5, 5.41) is 3.14. The Morgan fingerprint density at radius 1 is 0.907 bits per heavy atom. The van der Waals surface area contributed by atoms with Gasteiger partial charge in [-0.15, -0.1) is 0 Å². The van der Waals surface area contributed by atoms with Gasteiger partial charge in [0.2, 0.25) is 21.8 Å². The summed E-state index contributed by atoms with van der Waals surface area (Å²) in [6, 6.07) is 21.4. The van der Waals surface area contributed by atoms with Gasteiger partial charge in [0, 0.05) is 19.0 Å². The topological polar surface area (TPSA) is 86.8 Å². The molecule has 0 bridgehead atoms. The summed E-state index contributed by atoms with van der Waals surface area (Å²) in [7, 11) is -3.86. The molecule has 1 atom stereocenters. The zero-order chi connectivity index (χ0) is 31.2. The van der Waals surface area contributed by atoms with Gasteiger partial charge in [-0.05, 0) is 59.2 Å². The highest BCUT2D eigenvalue weighted by atomic mass is 32.2. The predicted octanol–water partition coefficient (Wildman–Crippen LogP) is 5.59. The van der Waals surface area contributed by atoms with E-state index in [2.05, 4.69) is 26.1 Å². The molecule has 7 nitrogen and oxygen atoms in total. The Kier molecular flexibility index (Phi) is 10.3. The number of halogens is 1. The molecule has 230 valence electrons. The van der Waals surface area contributed by atoms with Gasteiger partial charge < -0.3 is 10.2 Å². The highest BCUT2D eigenvalue weighted by Crippen LogP contribution is 2.27. The summed E-state index contributed by atoms with van der Waals surface area (Å²) in [6.45, 7) is 5.72. The van der Waals surface area contributed by atoms with Gasteiger partial charge in [0.05, 0.1) is 11.9 Å². The maximum Gasteiger partial charge on any atom is 0.244 e. The fraction of sp³-hybridized carbons (Fsp3) is 0.412. The monoisotopic (exact) mass is 607 g/mol. The van der Waals surface area contributed by atoms with Crippen LogP contribution in [-0.2, 0) is 38.0 Å². The summed E-state index contributed by atoms with van der Waals surface area (Å²) in [6.07, 6.45) is 5.12. The van der Waals surface area contributed by atoms with Gasteiger partial charge in [0.25, 0.3) is 0 Å². The van der Waals surface area contributed by atoms with E-state index >= 15 is 0 Å². The first kappa shape index (κ1) is 32.2. The molecule has 0 heterocycles. The van der Waals surface area contributed by atoms with E-state index in [4.69, 9.17) is 0 Å². The molecule has 0 spiro atoms. The molecule has 0 aliphatic heterocycles. The number of nitrogens with zero attached hydrogens (tertiary/aromatic N) is 2. The number of carbonyl (C=O) groups is 2. The first-order valence-electron chi connectivity index (χ1n) is 14.8. The lowest BCUT2D eigenvalue weighted by Gasteiger charge is -2.34. The number of benzene rings is 3. The van der Waals surface area contributed by atoms with E-state index in [0.717, 1.165) is 47.4 Å². The number of amides is 2. The van der Waals surface area contributed by atoms with Crippen molar-refractivity contribution in [3.05, 3.63) is 101 Å². The Morgan fingerprint density at radius 2 is 1.51 bits per heavy atom. The van der Waals surface area contributed by atoms with Crippen LogP contribution in [0.1, 0.15) is 63.1 Å². The van der Waals surface area contributed by atoms with Crippen molar-refractivity contribution in [2.45, 2.75) is 76.9 Å². The fourth-order valence-corrected chi connectivity index (χ4v) is 6.30. The Balaban J connectivity index is 1.71. The predicted molar refractivity (Wildman–Crippen MR) is 169 cm³/mol. The third-order valence-corrected chi connectivity index (χ3v) is 9.08. The molecule has 3 aromatic carbocycles. The van der Waals surface area contributed by atoms with Gasteiger partial charge in [-0.25, -0.2) is 12.8 Å². The Hall–Kier alpha value is -3.72. The van der Waals surface area contributed by atoms with Gasteiger partial charge in [-0.1, -0.05) is 88.2 Å². The van der Waals surface area contributed by atoms with Crippen molar-refractivity contribution < 1.29 is 22.4 Å². The van der Waals surface area contributed by atoms with E-state index in [9.17, 15) is 22.4 Å². The number of rotatable bonds is 11. The lowest BCUT2D eigenvalue weighted by molar-refractivity contribution is -0.140. The van der Waals surface area contributed by atoms with E-state index in [1.165, 1.54) is 17.0 Å². The van der Waals surface area contributed by atoms with Crippen LogP contribution in [0.25, 0.3) is 0 Å². The molecule has 0 radical (unpaired) electrons. The quantitative estimate of drug-likeness (QED) is 0.308. The first-order chi connectivity index (χ1) is 20.3. The summed E-state index contributed by atoms with van der Waals surface area (Å²) in [4.78, 5) is 29.5. The average molecular weight is 608 g/mol. The lowest BCUT2D eigenvalue weighted by Crippen LogP contribution is -2.54. The zero-order valence-corrected chi connectivity index (χ0v) is 26.2. The molecule has 1 N–H and O–H groups in total. The molecule has 1 aliphatic carbocycles. The molecule has 1 saturated carbocycles. The van der Waals surface area contributed by atoms with E-state index in [1.807, 2.05) is 42.5 Å². The molecule has 0 aromatic heterocycles. The summed E-state index contributed by atoms with van der Waals surface area (Å²) >= 11 is 0. The number of carbonyl (C=O) groups excluding carboxylic acids is 2. The van der Waals surface area contributed by atoms with Crippen LogP contribution in [0.3, 0.4) is 0 Å². The van der Waals surface area contributed by atoms with Gasteiger partial charge in [-0.3, -0.25) is 13.9 Å². The minimum absolute atomic E-state index is 0.00919. The molecule has 1 fully saturated rings. The van der Waals surface area contributed by atoms with Crippen molar-refractivity contribution in [3.8, 4) is 0 Å². The Morgan fingerprint density at radius 3 is 2.07 bits per heavy atom. The molecule has 4 rings (SSSR count). The number of hydrogen-bond acceptors (Lipinski definition) is 4. The number of hydrogen-bond donors (Lipinski definition) is 1. The highest BCUT2D eigenvalue weighted by molar-refractivity contribution is 7.92. The molecule has 2 amide bonds. The number of nitrogens with one attached hydrogen (secondary N) is 1. The van der Waals surface area contributed by atoms with E-state index in [1.54, 1.807) is 24.3 Å². The molecule has 3 aromatic rings. The Bertz CT molecular complexity index is 1480. The smallest absolute Gasteiger partial charge is 0.244 e. The fourth-order valence-electron chi connectivity index (χ4n) is 5.45. The van der Waals surface area contributed by atoms with Gasteiger partial charge in [0.1, 0.15) is 18.4 Å². The largest absolute Gasteiger partial charge is 0.352 e. The van der Waals surface area contributed by atoms with Crippen molar-refractivity contribution >= 4 is 27.5 Å². The van der Waals surface area contributed by atoms with Crippen LogP contribution in [0.2, 0.25) is 0 Å². The minimum Gasteiger partial charge on any atom is -0.352 e. The third-order valence-electron chi connectivity index (χ3n) is 7.94. The van der Waals surface area contributed by atoms with Crippen molar-refractivity contribution in [2.24, 2.45) is 0 Å². The number of anilines is 1. The first-order valence-corrected chi connectivity index (χ1v) is 16.6. The summed E-state index contributed by atoms with van der Waals surface area (Å²) in [5.41, 5.74) is 2.75. The molecule has 0 saturated heterocycles. The molecular formula is C34H42FN3O4S. The molecule has 1 aliphatic rings. The van der Waals surface area contributed by atoms with Gasteiger partial charge in [0.15, 0.2) is 0 Å². The van der Waals surface area contributed by atoms with Crippen LogP contribution < -0.4 is 9.62 Å². The zero-order valence-electron chi connectivity index (χ0n) is 25.4. The minimum atomic E-state index is -3.86. The average Bonchev–Trinajstić information content (AvgIpc) is 3.47. The van der Waals surface area contributed by atoms with E-state index in [-0.39, 0.29) is 30.3 Å². The molecule has 43 heavy (non-hydrogen) atoms. The number of sulfonamides is 1. The van der Waals surface area contributed by atoms with Crippen LogP contribution in [0, 0.1) is 5.82 Å². The van der Waals surface area contributed by atoms with Crippen LogP contribution in [0.5, 0.6) is 0 Å². The van der Waals surface area contributed by atoms with Crippen LogP contribution in [-0.4, -0.2) is 50.0 Å². The standard InChI is InChI=1S/C34H42FN3O4S/c1-34(2,3)27-16-20-30(21-17-27)38(43(4,41)42)24-32(39)37(23-26-14-18-28(35)19-15-26)31(22-25-10-6-5-7-11-25)33(40)36-29-12-8-9-13-29/h5-7,10-11,14-21,29,31H,8-9,12-13,22-24H2,1-4H3,(H,36,40)/t31-/m1/s1. The van der Waals surface area contributed by atoms with Crippen molar-refractivity contribution in [2.75, 3.05) is 17.1 Å². The van der Waals surface area contributed by atoms with Crippen molar-refractivity contribution in [1.29, 1.82) is 0 Å². The lowest BCUT2D eigenvalue weighted by atomic mass is 9.87. The summed E-state index contributed by atoms with van der Waals surface area (Å²) in [5.74, 6) is -1.23. The maximum atomic E-state index is 14.2. The van der Waals surface area contributed by atoms with Crippen LogP contribution in [0.15, 0.2) is 78.9 Å². The second kappa shape index (κ2) is 13.7. The van der Waals surface area contributed by atoms with Gasteiger partial charge in [-0.2, -0.15) is 0 Å².